The largest absolute Gasteiger partial charge is 0.475 e. The molecule has 0 saturated carbocycles. The number of fused-ring (bicyclic) bond motifs is 1. The van der Waals surface area contributed by atoms with Gasteiger partial charge in [0.15, 0.2) is 0 Å². The van der Waals surface area contributed by atoms with Crippen LogP contribution in [0.3, 0.4) is 0 Å². The number of rotatable bonds is 3. The standard InChI is InChI=1S/C20H26FN3O3/c1-6-23(19(25)27-20(3,4)5)14-11-24-18(26-12-14)13(2)17(22-24)15-9-7-8-10-16(15)21/h7-10,14H,6,11-12H2,1-5H3. The van der Waals surface area contributed by atoms with Gasteiger partial charge in [-0.1, -0.05) is 12.1 Å². The second-order valence-electron chi connectivity index (χ2n) is 7.67. The lowest BCUT2D eigenvalue weighted by Crippen LogP contribution is -2.49. The SMILES string of the molecule is CCN(C(=O)OC(C)(C)C)C1COc2c(C)c(-c3ccccc3F)nn2C1. The Hall–Kier alpha value is -2.57. The summed E-state index contributed by atoms with van der Waals surface area (Å²) in [6, 6.07) is 6.34. The summed E-state index contributed by atoms with van der Waals surface area (Å²) in [5, 5.41) is 4.56. The van der Waals surface area contributed by atoms with Crippen LogP contribution in [0.25, 0.3) is 11.3 Å². The molecule has 1 amide bonds. The molecule has 1 aromatic carbocycles. The number of hydrogen-bond acceptors (Lipinski definition) is 4. The first-order valence-electron chi connectivity index (χ1n) is 9.16. The maximum absolute atomic E-state index is 14.2. The zero-order chi connectivity index (χ0) is 19.8. The van der Waals surface area contributed by atoms with Gasteiger partial charge in [-0.2, -0.15) is 5.10 Å². The van der Waals surface area contributed by atoms with Crippen LogP contribution in [0, 0.1) is 12.7 Å². The van der Waals surface area contributed by atoms with Crippen LogP contribution in [0.2, 0.25) is 0 Å². The van der Waals surface area contributed by atoms with Crippen molar-refractivity contribution in [2.45, 2.75) is 52.8 Å². The smallest absolute Gasteiger partial charge is 0.410 e. The van der Waals surface area contributed by atoms with Gasteiger partial charge in [-0.25, -0.2) is 13.9 Å². The van der Waals surface area contributed by atoms with Crippen LogP contribution >= 0.6 is 0 Å². The quantitative estimate of drug-likeness (QED) is 0.813. The van der Waals surface area contributed by atoms with Crippen molar-refractivity contribution in [2.24, 2.45) is 0 Å². The highest BCUT2D eigenvalue weighted by atomic mass is 19.1. The van der Waals surface area contributed by atoms with Crippen molar-refractivity contribution in [3.63, 3.8) is 0 Å². The molecular formula is C20H26FN3O3. The van der Waals surface area contributed by atoms with E-state index in [4.69, 9.17) is 9.47 Å². The summed E-state index contributed by atoms with van der Waals surface area (Å²) in [6.07, 6.45) is -0.375. The third-order valence-electron chi connectivity index (χ3n) is 4.47. The van der Waals surface area contributed by atoms with Crippen molar-refractivity contribution >= 4 is 6.09 Å². The number of nitrogens with zero attached hydrogens (tertiary/aromatic N) is 3. The topological polar surface area (TPSA) is 56.6 Å². The first kappa shape index (κ1) is 19.2. The molecule has 6 nitrogen and oxygen atoms in total. The summed E-state index contributed by atoms with van der Waals surface area (Å²) >= 11 is 0. The fraction of sp³-hybridized carbons (Fsp3) is 0.500. The van der Waals surface area contributed by atoms with E-state index in [9.17, 15) is 9.18 Å². The zero-order valence-corrected chi connectivity index (χ0v) is 16.5. The van der Waals surface area contributed by atoms with E-state index in [1.54, 1.807) is 27.8 Å². The van der Waals surface area contributed by atoms with Gasteiger partial charge in [-0.15, -0.1) is 0 Å². The van der Waals surface area contributed by atoms with Crippen molar-refractivity contribution in [1.82, 2.24) is 14.7 Å². The first-order valence-corrected chi connectivity index (χ1v) is 9.16. The molecule has 1 aliphatic heterocycles. The maximum atomic E-state index is 14.2. The minimum absolute atomic E-state index is 0.204. The van der Waals surface area contributed by atoms with Gasteiger partial charge < -0.3 is 14.4 Å². The average Bonchev–Trinajstić information content (AvgIpc) is 2.90. The highest BCUT2D eigenvalue weighted by molar-refractivity contribution is 5.69. The fourth-order valence-electron chi connectivity index (χ4n) is 3.22. The lowest BCUT2D eigenvalue weighted by Gasteiger charge is -2.35. The van der Waals surface area contributed by atoms with Crippen LogP contribution < -0.4 is 4.74 Å². The summed E-state index contributed by atoms with van der Waals surface area (Å²) in [4.78, 5) is 14.2. The highest BCUT2D eigenvalue weighted by Gasteiger charge is 2.33. The molecule has 0 aliphatic carbocycles. The Morgan fingerprint density at radius 2 is 2.11 bits per heavy atom. The molecule has 7 heteroatoms. The minimum Gasteiger partial charge on any atom is -0.475 e. The number of hydrogen-bond donors (Lipinski definition) is 0. The summed E-state index contributed by atoms with van der Waals surface area (Å²) in [7, 11) is 0. The zero-order valence-electron chi connectivity index (χ0n) is 16.5. The first-order chi connectivity index (χ1) is 12.7. The highest BCUT2D eigenvalue weighted by Crippen LogP contribution is 2.33. The van der Waals surface area contributed by atoms with Gasteiger partial charge in [0.25, 0.3) is 0 Å². The van der Waals surface area contributed by atoms with Crippen molar-refractivity contribution < 1.29 is 18.7 Å². The maximum Gasteiger partial charge on any atom is 0.410 e. The molecular weight excluding hydrogens is 349 g/mol. The number of benzene rings is 1. The Labute approximate surface area is 158 Å². The summed E-state index contributed by atoms with van der Waals surface area (Å²) in [5.41, 5.74) is 1.23. The van der Waals surface area contributed by atoms with E-state index in [1.165, 1.54) is 6.07 Å². The van der Waals surface area contributed by atoms with E-state index in [2.05, 4.69) is 5.10 Å². The van der Waals surface area contributed by atoms with Gasteiger partial charge in [0.05, 0.1) is 12.6 Å². The van der Waals surface area contributed by atoms with Crippen molar-refractivity contribution in [1.29, 1.82) is 0 Å². The van der Waals surface area contributed by atoms with E-state index in [0.717, 1.165) is 5.56 Å². The van der Waals surface area contributed by atoms with Gasteiger partial charge in [0.2, 0.25) is 5.88 Å². The van der Waals surface area contributed by atoms with Crippen LogP contribution in [0.4, 0.5) is 9.18 Å². The van der Waals surface area contributed by atoms with Crippen LogP contribution in [0.5, 0.6) is 5.88 Å². The molecule has 1 atom stereocenters. The van der Waals surface area contributed by atoms with Gasteiger partial charge in [0.1, 0.15) is 23.7 Å². The van der Waals surface area contributed by atoms with Crippen LogP contribution in [-0.2, 0) is 11.3 Å². The van der Waals surface area contributed by atoms with Crippen molar-refractivity contribution in [3.05, 3.63) is 35.6 Å². The van der Waals surface area contributed by atoms with Crippen LogP contribution in [0.15, 0.2) is 24.3 Å². The van der Waals surface area contributed by atoms with E-state index in [1.807, 2.05) is 34.6 Å². The normalized spacial score (nSPS) is 16.4. The number of likely N-dealkylation sites (N-methyl/N-ethyl adjacent to an activating group) is 1. The number of amides is 1. The lowest BCUT2D eigenvalue weighted by molar-refractivity contribution is 0.00439. The van der Waals surface area contributed by atoms with Crippen molar-refractivity contribution in [2.75, 3.05) is 13.2 Å². The third kappa shape index (κ3) is 3.91. The molecule has 1 unspecified atom stereocenters. The Morgan fingerprint density at radius 3 is 2.74 bits per heavy atom. The molecule has 0 N–H and O–H groups in total. The van der Waals surface area contributed by atoms with Gasteiger partial charge >= 0.3 is 6.09 Å². The third-order valence-corrected chi connectivity index (χ3v) is 4.47. The Kier molecular flexibility index (Phi) is 5.13. The second kappa shape index (κ2) is 7.21. The minimum atomic E-state index is -0.564. The number of carbonyl (C=O) groups excluding carboxylic acids is 1. The monoisotopic (exact) mass is 375 g/mol. The molecule has 0 radical (unpaired) electrons. The van der Waals surface area contributed by atoms with Gasteiger partial charge in [-0.05, 0) is 46.8 Å². The molecule has 0 bridgehead atoms. The van der Waals surface area contributed by atoms with Crippen molar-refractivity contribution in [3.8, 4) is 17.1 Å². The summed E-state index contributed by atoms with van der Waals surface area (Å²) in [5.74, 6) is 0.293. The van der Waals surface area contributed by atoms with E-state index in [0.29, 0.717) is 36.8 Å². The molecule has 0 saturated heterocycles. The molecule has 0 fully saturated rings. The summed E-state index contributed by atoms with van der Waals surface area (Å²) < 4.78 is 27.3. The predicted octanol–water partition coefficient (Wildman–Crippen LogP) is 4.02. The number of halogens is 1. The molecule has 1 aliphatic rings. The van der Waals surface area contributed by atoms with Crippen LogP contribution in [-0.4, -0.2) is 45.6 Å². The Balaban J connectivity index is 1.85. The molecule has 0 spiro atoms. The number of aromatic nitrogens is 2. The second-order valence-corrected chi connectivity index (χ2v) is 7.67. The van der Waals surface area contributed by atoms with Gasteiger partial charge in [0, 0.05) is 17.7 Å². The number of ether oxygens (including phenoxy) is 2. The molecule has 2 heterocycles. The Morgan fingerprint density at radius 1 is 1.41 bits per heavy atom. The fourth-order valence-corrected chi connectivity index (χ4v) is 3.22. The molecule has 146 valence electrons. The lowest BCUT2D eigenvalue weighted by atomic mass is 10.1. The van der Waals surface area contributed by atoms with E-state index < -0.39 is 5.60 Å². The van der Waals surface area contributed by atoms with E-state index in [-0.39, 0.29) is 18.0 Å². The molecule has 2 aromatic rings. The molecule has 3 rings (SSSR count). The Bertz CT molecular complexity index is 841. The average molecular weight is 375 g/mol. The number of carbonyl (C=O) groups is 1. The van der Waals surface area contributed by atoms with Crippen LogP contribution in [0.1, 0.15) is 33.3 Å². The van der Waals surface area contributed by atoms with Gasteiger partial charge in [-0.3, -0.25) is 0 Å². The molecule has 1 aromatic heterocycles. The summed E-state index contributed by atoms with van der Waals surface area (Å²) in [6.45, 7) is 10.6. The predicted molar refractivity (Wildman–Crippen MR) is 100 cm³/mol. The van der Waals surface area contributed by atoms with E-state index >= 15 is 0 Å². The molecule has 27 heavy (non-hydrogen) atoms.